The zero-order valence-electron chi connectivity index (χ0n) is 8.85. The lowest BCUT2D eigenvalue weighted by atomic mass is 10.3. The summed E-state index contributed by atoms with van der Waals surface area (Å²) in [6.07, 6.45) is -0.798. The molecule has 0 aliphatic heterocycles. The van der Waals surface area contributed by atoms with Crippen molar-refractivity contribution < 1.29 is 19.4 Å². The third kappa shape index (κ3) is 4.63. The molecule has 1 aromatic carbocycles. The van der Waals surface area contributed by atoms with Crippen LogP contribution >= 0.6 is 15.9 Å². The Hall–Kier alpha value is -1.07. The van der Waals surface area contributed by atoms with E-state index in [0.717, 1.165) is 10.2 Å². The van der Waals surface area contributed by atoms with Crippen molar-refractivity contribution in [3.8, 4) is 5.75 Å². The first-order valence-corrected chi connectivity index (χ1v) is 5.61. The number of carboxylic acids is 1. The highest BCUT2D eigenvalue weighted by molar-refractivity contribution is 9.10. The van der Waals surface area contributed by atoms with Crippen molar-refractivity contribution in [2.75, 3.05) is 13.2 Å². The molecule has 1 atom stereocenters. The lowest BCUT2D eigenvalue weighted by molar-refractivity contribution is -0.149. The molecule has 0 radical (unpaired) electrons. The SMILES string of the molecule is CC(OCCOc1ccc(Br)cc1)C(=O)O. The molecule has 0 amide bonds. The van der Waals surface area contributed by atoms with Crippen molar-refractivity contribution in [1.29, 1.82) is 0 Å². The average molecular weight is 289 g/mol. The highest BCUT2D eigenvalue weighted by Gasteiger charge is 2.09. The Bertz CT molecular complexity index is 336. The second kappa shape index (κ2) is 6.50. The van der Waals surface area contributed by atoms with Crippen molar-refractivity contribution in [2.45, 2.75) is 13.0 Å². The summed E-state index contributed by atoms with van der Waals surface area (Å²) >= 11 is 3.32. The van der Waals surface area contributed by atoms with Gasteiger partial charge in [-0.1, -0.05) is 15.9 Å². The molecule has 0 saturated carbocycles. The topological polar surface area (TPSA) is 55.8 Å². The minimum absolute atomic E-state index is 0.254. The standard InChI is InChI=1S/C11H13BrO4/c1-8(11(13)14)15-6-7-16-10-4-2-9(12)3-5-10/h2-5,8H,6-7H2,1H3,(H,13,14). The molecule has 0 fully saturated rings. The first-order valence-electron chi connectivity index (χ1n) is 4.82. The molecule has 88 valence electrons. The quantitative estimate of drug-likeness (QED) is 0.816. The Morgan fingerprint density at radius 1 is 1.38 bits per heavy atom. The van der Waals surface area contributed by atoms with Crippen LogP contribution in [0.3, 0.4) is 0 Å². The molecule has 0 aliphatic rings. The van der Waals surface area contributed by atoms with Crippen LogP contribution in [0.5, 0.6) is 5.75 Å². The normalized spacial score (nSPS) is 12.1. The Morgan fingerprint density at radius 3 is 2.56 bits per heavy atom. The molecule has 0 aliphatic carbocycles. The molecular formula is C11H13BrO4. The van der Waals surface area contributed by atoms with Crippen LogP contribution in [0.4, 0.5) is 0 Å². The van der Waals surface area contributed by atoms with Crippen LogP contribution < -0.4 is 4.74 Å². The van der Waals surface area contributed by atoms with Crippen molar-refractivity contribution in [1.82, 2.24) is 0 Å². The van der Waals surface area contributed by atoms with Crippen LogP contribution in [0.1, 0.15) is 6.92 Å². The van der Waals surface area contributed by atoms with Crippen LogP contribution in [-0.2, 0) is 9.53 Å². The summed E-state index contributed by atoms with van der Waals surface area (Å²) < 4.78 is 11.3. The van der Waals surface area contributed by atoms with Gasteiger partial charge >= 0.3 is 5.97 Å². The molecule has 0 bridgehead atoms. The van der Waals surface area contributed by atoms with Gasteiger partial charge in [-0.25, -0.2) is 4.79 Å². The minimum Gasteiger partial charge on any atom is -0.491 e. The zero-order valence-corrected chi connectivity index (χ0v) is 10.4. The predicted octanol–water partition coefficient (Wildman–Crippen LogP) is 2.32. The van der Waals surface area contributed by atoms with Gasteiger partial charge in [0, 0.05) is 4.47 Å². The van der Waals surface area contributed by atoms with Gasteiger partial charge in [0.05, 0.1) is 6.61 Å². The van der Waals surface area contributed by atoms with Crippen LogP contribution in [0.2, 0.25) is 0 Å². The Morgan fingerprint density at radius 2 is 2.00 bits per heavy atom. The molecular weight excluding hydrogens is 276 g/mol. The van der Waals surface area contributed by atoms with E-state index >= 15 is 0 Å². The summed E-state index contributed by atoms with van der Waals surface area (Å²) in [6.45, 7) is 2.07. The first-order chi connectivity index (χ1) is 7.59. The number of carboxylic acid groups (broad SMARTS) is 1. The Kier molecular flexibility index (Phi) is 5.28. The molecule has 0 spiro atoms. The average Bonchev–Trinajstić information content (AvgIpc) is 2.26. The predicted molar refractivity (Wildman–Crippen MR) is 62.7 cm³/mol. The maximum atomic E-state index is 10.4. The van der Waals surface area contributed by atoms with Gasteiger partial charge in [0.1, 0.15) is 12.4 Å². The number of hydrogen-bond acceptors (Lipinski definition) is 3. The van der Waals surface area contributed by atoms with Crippen molar-refractivity contribution >= 4 is 21.9 Å². The Labute approximate surface area is 102 Å². The maximum absolute atomic E-state index is 10.4. The summed E-state index contributed by atoms with van der Waals surface area (Å²) in [7, 11) is 0. The monoisotopic (exact) mass is 288 g/mol. The van der Waals surface area contributed by atoms with E-state index in [1.54, 1.807) is 0 Å². The number of rotatable bonds is 6. The van der Waals surface area contributed by atoms with Crippen LogP contribution in [0.15, 0.2) is 28.7 Å². The number of hydrogen-bond donors (Lipinski definition) is 1. The highest BCUT2D eigenvalue weighted by atomic mass is 79.9. The third-order valence-corrected chi connectivity index (χ3v) is 2.41. The fourth-order valence-corrected chi connectivity index (χ4v) is 1.25. The molecule has 16 heavy (non-hydrogen) atoms. The molecule has 0 aromatic heterocycles. The van der Waals surface area contributed by atoms with E-state index in [9.17, 15) is 4.79 Å². The van der Waals surface area contributed by atoms with Gasteiger partial charge in [0.25, 0.3) is 0 Å². The molecule has 4 nitrogen and oxygen atoms in total. The summed E-state index contributed by atoms with van der Waals surface area (Å²) in [4.78, 5) is 10.4. The van der Waals surface area contributed by atoms with Gasteiger partial charge in [-0.15, -0.1) is 0 Å². The Balaban J connectivity index is 2.21. The van der Waals surface area contributed by atoms with E-state index < -0.39 is 12.1 Å². The lowest BCUT2D eigenvalue weighted by Gasteiger charge is -2.09. The van der Waals surface area contributed by atoms with Gasteiger partial charge in [-0.05, 0) is 31.2 Å². The van der Waals surface area contributed by atoms with Crippen LogP contribution in [-0.4, -0.2) is 30.4 Å². The summed E-state index contributed by atoms with van der Waals surface area (Å²) in [6, 6.07) is 7.39. The van der Waals surface area contributed by atoms with Gasteiger partial charge in [0.15, 0.2) is 6.10 Å². The molecule has 1 aromatic rings. The smallest absolute Gasteiger partial charge is 0.332 e. The molecule has 1 unspecified atom stereocenters. The van der Waals surface area contributed by atoms with Crippen molar-refractivity contribution in [2.24, 2.45) is 0 Å². The fraction of sp³-hybridized carbons (Fsp3) is 0.364. The summed E-state index contributed by atoms with van der Waals surface area (Å²) in [5, 5.41) is 8.56. The zero-order chi connectivity index (χ0) is 12.0. The van der Waals surface area contributed by atoms with E-state index in [4.69, 9.17) is 14.6 Å². The van der Waals surface area contributed by atoms with Crippen molar-refractivity contribution in [3.63, 3.8) is 0 Å². The van der Waals surface area contributed by atoms with Gasteiger partial charge in [-0.3, -0.25) is 0 Å². The van der Waals surface area contributed by atoms with E-state index in [1.807, 2.05) is 24.3 Å². The third-order valence-electron chi connectivity index (χ3n) is 1.88. The number of aliphatic carboxylic acids is 1. The van der Waals surface area contributed by atoms with E-state index in [-0.39, 0.29) is 6.61 Å². The first kappa shape index (κ1) is 13.0. The van der Waals surface area contributed by atoms with E-state index in [0.29, 0.717) is 6.61 Å². The summed E-state index contributed by atoms with van der Waals surface area (Å²) in [5.74, 6) is -0.238. The van der Waals surface area contributed by atoms with Gasteiger partial charge in [-0.2, -0.15) is 0 Å². The molecule has 0 heterocycles. The molecule has 5 heteroatoms. The van der Waals surface area contributed by atoms with E-state index in [2.05, 4.69) is 15.9 Å². The largest absolute Gasteiger partial charge is 0.491 e. The molecule has 1 rings (SSSR count). The number of halogens is 1. The fourth-order valence-electron chi connectivity index (χ4n) is 0.987. The van der Waals surface area contributed by atoms with Gasteiger partial charge in [0.2, 0.25) is 0 Å². The molecule has 0 saturated heterocycles. The maximum Gasteiger partial charge on any atom is 0.332 e. The second-order valence-electron chi connectivity index (χ2n) is 3.15. The van der Waals surface area contributed by atoms with Crippen molar-refractivity contribution in [3.05, 3.63) is 28.7 Å². The number of ether oxygens (including phenoxy) is 2. The van der Waals surface area contributed by atoms with Gasteiger partial charge < -0.3 is 14.6 Å². The van der Waals surface area contributed by atoms with Crippen LogP contribution in [0.25, 0.3) is 0 Å². The number of carbonyl (C=O) groups is 1. The second-order valence-corrected chi connectivity index (χ2v) is 4.07. The lowest BCUT2D eigenvalue weighted by Crippen LogP contribution is -2.22. The number of benzene rings is 1. The molecule has 1 N–H and O–H groups in total. The van der Waals surface area contributed by atoms with Crippen LogP contribution in [0, 0.1) is 0 Å². The minimum atomic E-state index is -0.969. The summed E-state index contributed by atoms with van der Waals surface area (Å²) in [5.41, 5.74) is 0. The highest BCUT2D eigenvalue weighted by Crippen LogP contribution is 2.15. The van der Waals surface area contributed by atoms with E-state index in [1.165, 1.54) is 6.92 Å².